The van der Waals surface area contributed by atoms with Gasteiger partial charge in [-0.05, 0) is 6.92 Å². The highest BCUT2D eigenvalue weighted by Crippen LogP contribution is 2.71. The zero-order valence-corrected chi connectivity index (χ0v) is 27.6. The lowest BCUT2D eigenvalue weighted by Crippen LogP contribution is -2.33. The lowest BCUT2D eigenvalue weighted by molar-refractivity contribution is -0.684. The first-order chi connectivity index (χ1) is 22.0. The molecular formula is C21H29N9O13P3S+. The van der Waals surface area contributed by atoms with E-state index in [2.05, 4.69) is 38.1 Å². The monoisotopic (exact) mass is 740 g/mol. The average Bonchev–Trinajstić information content (AvgIpc) is 3.67. The zero-order valence-electron chi connectivity index (χ0n) is 24.1. The maximum absolute atomic E-state index is 12.4. The molecule has 26 heteroatoms. The minimum atomic E-state index is -5.76. The third kappa shape index (κ3) is 8.94. The van der Waals surface area contributed by atoms with Gasteiger partial charge in [-0.25, -0.2) is 29.5 Å². The third-order valence-corrected chi connectivity index (χ3v) is 11.7. The van der Waals surface area contributed by atoms with E-state index in [0.717, 1.165) is 6.33 Å². The molecule has 4 aromatic heterocycles. The third-order valence-electron chi connectivity index (χ3n) is 6.42. The molecule has 0 amide bonds. The molecule has 9 N–H and O–H groups in total. The predicted molar refractivity (Wildman–Crippen MR) is 156 cm³/mol. The van der Waals surface area contributed by atoms with Crippen molar-refractivity contribution in [2.75, 3.05) is 24.7 Å². The highest BCUT2D eigenvalue weighted by Gasteiger charge is 2.52. The number of phosphoric acid groups is 3. The molecule has 0 spiro atoms. The Morgan fingerprint density at radius 2 is 1.94 bits per heavy atom. The van der Waals surface area contributed by atoms with Gasteiger partial charge in [0, 0.05) is 10.7 Å². The second-order valence-electron chi connectivity index (χ2n) is 9.89. The first-order valence-electron chi connectivity index (χ1n) is 13.2. The number of aromatic nitrogens is 7. The van der Waals surface area contributed by atoms with E-state index < -0.39 is 61.9 Å². The fourth-order valence-corrected chi connectivity index (χ4v) is 8.63. The molecule has 22 nitrogen and oxygen atoms in total. The van der Waals surface area contributed by atoms with E-state index in [-0.39, 0.29) is 23.4 Å². The van der Waals surface area contributed by atoms with Crippen molar-refractivity contribution in [2.24, 2.45) is 0 Å². The number of hydrogen-bond acceptors (Lipinski definition) is 20. The van der Waals surface area contributed by atoms with E-state index in [1.807, 2.05) is 0 Å². The van der Waals surface area contributed by atoms with Crippen LogP contribution >= 0.6 is 35.5 Å². The fourth-order valence-electron chi connectivity index (χ4n) is 4.32. The van der Waals surface area contributed by atoms with Crippen LogP contribution in [0.15, 0.2) is 30.6 Å². The number of imidazole rings is 1. The number of aliphatic hydroxyl groups excluding tert-OH is 2. The highest BCUT2D eigenvalue weighted by atomic mass is 32.1. The molecule has 5 heterocycles. The molecule has 0 aliphatic carbocycles. The summed E-state index contributed by atoms with van der Waals surface area (Å²) < 4.78 is 38.5. The van der Waals surface area contributed by atoms with Gasteiger partial charge in [0.25, 0.3) is 0 Å². The Hall–Kier alpha value is -2.53. The van der Waals surface area contributed by atoms with Gasteiger partial charge in [0.05, 0.1) is 29.7 Å². The number of aliphatic hydroxyl groups is 2. The Morgan fingerprint density at radius 1 is 1.17 bits per heavy atom. The number of ether oxygens (including phenoxy) is 1. The van der Waals surface area contributed by atoms with E-state index in [0.29, 0.717) is 28.6 Å². The topological polar surface area (TPSA) is 336 Å². The number of nitrogens with two attached hydrogens (primary N) is 2. The number of aryl methyl sites for hydroxylation is 1. The zero-order chi connectivity index (χ0) is 34.1. The smallest absolute Gasteiger partial charge is 0.511 e. The van der Waals surface area contributed by atoms with Crippen molar-refractivity contribution in [2.45, 2.75) is 44.4 Å². The Kier molecular flexibility index (Phi) is 10.8. The van der Waals surface area contributed by atoms with Crippen LogP contribution in [0.1, 0.15) is 22.6 Å². The normalized spacial score (nSPS) is 23.8. The molecule has 1 saturated heterocycles. The number of thiazole rings is 1. The summed E-state index contributed by atoms with van der Waals surface area (Å²) in [5, 5.41) is 20.9. The first-order valence-corrected chi connectivity index (χ1v) is 18.6. The van der Waals surface area contributed by atoms with Crippen molar-refractivity contribution in [3.8, 4) is 0 Å². The molecule has 1 aliphatic rings. The van der Waals surface area contributed by atoms with Crippen LogP contribution in [-0.2, 0) is 39.9 Å². The van der Waals surface area contributed by atoms with Crippen LogP contribution in [0.4, 0.5) is 11.5 Å². The van der Waals surface area contributed by atoms with Gasteiger partial charge in [-0.2, -0.15) is 18.9 Å². The molecule has 4 aromatic rings. The number of rotatable bonds is 14. The van der Waals surface area contributed by atoms with Crippen LogP contribution < -0.4 is 25.8 Å². The first kappa shape index (κ1) is 35.8. The van der Waals surface area contributed by atoms with Crippen molar-refractivity contribution >= 4 is 58.2 Å². The summed E-state index contributed by atoms with van der Waals surface area (Å²) >= 11 is 1.28. The molecule has 47 heavy (non-hydrogen) atoms. The SMILES string of the molecule is Cc1ncc(N)c(C[n+]2csc(CCO[P+]([O-])(O)O[P+]([O-])(O)OP(=O)(O)OC[C@H]3O[C@@H](n4cnc5c(N)ncnc54)[C@H](O)[C@@H]3O)c2)n1. The second kappa shape index (κ2) is 14.1. The molecule has 0 aromatic carbocycles. The van der Waals surface area contributed by atoms with Gasteiger partial charge in [-0.1, -0.05) is 15.6 Å². The molecular weight excluding hydrogens is 711 g/mol. The van der Waals surface area contributed by atoms with E-state index in [1.165, 1.54) is 28.4 Å². The quantitative estimate of drug-likeness (QED) is 0.0522. The summed E-state index contributed by atoms with van der Waals surface area (Å²) in [6.07, 6.45) is -0.438. The standard InChI is InChI=1S/C21H28N9O13P3S/c1-11-24-4-13(22)14(28-11)6-29-5-12(47-10-29)2-3-39-44(33,34)42-46(37,38)43-45(35,36)40-7-15-17(31)18(32)21(41-15)30-9-27-16-19(23)25-8-26-20(16)30/h4-5,8-10,15,17-18,21,31-32H,2-3,6-7,22H2,1H3,(H4-,23,25,26,33,34,35,36,37,38)/p+1/t15-,17-,18-,21-/m1/s1. The summed E-state index contributed by atoms with van der Waals surface area (Å²) in [5.74, 6) is 0.588. The molecule has 0 radical (unpaired) electrons. The average molecular weight is 741 g/mol. The summed E-state index contributed by atoms with van der Waals surface area (Å²) in [5.41, 5.74) is 14.7. The van der Waals surface area contributed by atoms with Crippen LogP contribution in [0.3, 0.4) is 0 Å². The molecule has 1 aliphatic heterocycles. The van der Waals surface area contributed by atoms with Crippen LogP contribution in [0.25, 0.3) is 11.2 Å². The largest absolute Gasteiger partial charge is 0.603 e. The minimum Gasteiger partial charge on any atom is -0.603 e. The van der Waals surface area contributed by atoms with Gasteiger partial charge in [-0.3, -0.25) is 9.09 Å². The predicted octanol–water partition coefficient (Wildman–Crippen LogP) is -2.42. The molecule has 0 saturated carbocycles. The van der Waals surface area contributed by atoms with Gasteiger partial charge in [0.15, 0.2) is 30.4 Å². The van der Waals surface area contributed by atoms with Crippen LogP contribution in [0.5, 0.6) is 0 Å². The van der Waals surface area contributed by atoms with E-state index in [4.69, 9.17) is 20.7 Å². The number of fused-ring (bicyclic) bond motifs is 1. The Morgan fingerprint density at radius 3 is 2.70 bits per heavy atom. The van der Waals surface area contributed by atoms with E-state index in [1.54, 1.807) is 23.2 Å². The van der Waals surface area contributed by atoms with Gasteiger partial charge in [-0.15, -0.1) is 0 Å². The van der Waals surface area contributed by atoms with Gasteiger partial charge >= 0.3 is 24.2 Å². The summed E-state index contributed by atoms with van der Waals surface area (Å²) in [4.78, 5) is 75.1. The second-order valence-corrected chi connectivity index (χ2v) is 15.5. The van der Waals surface area contributed by atoms with E-state index >= 15 is 0 Å². The van der Waals surface area contributed by atoms with Crippen LogP contribution in [-0.4, -0.2) is 85.9 Å². The molecule has 1 fully saturated rings. The Balaban J connectivity index is 1.10. The molecule has 3 unspecified atom stereocenters. The summed E-state index contributed by atoms with van der Waals surface area (Å²) in [7, 11) is -16.6. The molecule has 0 bridgehead atoms. The van der Waals surface area contributed by atoms with Gasteiger partial charge in [0.2, 0.25) is 5.51 Å². The number of nitrogens with zero attached hydrogens (tertiary/aromatic N) is 7. The van der Waals surface area contributed by atoms with Crippen molar-refractivity contribution in [3.05, 3.63) is 47.0 Å². The summed E-state index contributed by atoms with van der Waals surface area (Å²) in [6, 6.07) is 0. The van der Waals surface area contributed by atoms with Crippen molar-refractivity contribution in [3.63, 3.8) is 0 Å². The van der Waals surface area contributed by atoms with E-state index in [9.17, 15) is 39.2 Å². The van der Waals surface area contributed by atoms with Gasteiger partial charge < -0.3 is 41.1 Å². The molecule has 7 atom stereocenters. The lowest BCUT2D eigenvalue weighted by atomic mass is 10.1. The number of anilines is 2. The lowest BCUT2D eigenvalue weighted by Gasteiger charge is -2.25. The molecule has 5 rings (SSSR count). The Labute approximate surface area is 269 Å². The van der Waals surface area contributed by atoms with Crippen molar-refractivity contribution < 1.29 is 66.2 Å². The Bertz CT molecular complexity index is 1770. The van der Waals surface area contributed by atoms with Gasteiger partial charge in [0.1, 0.15) is 48.3 Å². The number of hydrogen-bond donors (Lipinski definition) is 7. The van der Waals surface area contributed by atoms with Crippen molar-refractivity contribution in [1.29, 1.82) is 0 Å². The highest BCUT2D eigenvalue weighted by molar-refractivity contribution is 7.71. The van der Waals surface area contributed by atoms with Crippen molar-refractivity contribution in [1.82, 2.24) is 29.5 Å². The number of nitrogen functional groups attached to an aromatic ring is 2. The maximum Gasteiger partial charge on any atom is 0.511 e. The minimum absolute atomic E-state index is 0.0424. The van der Waals surface area contributed by atoms with Crippen LogP contribution in [0.2, 0.25) is 0 Å². The maximum atomic E-state index is 12.4. The molecule has 256 valence electrons. The summed E-state index contributed by atoms with van der Waals surface area (Å²) in [6.45, 7) is 0.645. The fraction of sp³-hybridized carbons (Fsp3) is 0.429. The van der Waals surface area contributed by atoms with Crippen LogP contribution in [0, 0.1) is 6.92 Å². The number of phosphoric ester groups is 2.